The molecule has 0 N–H and O–H groups in total. The second-order valence-corrected chi connectivity index (χ2v) is 2.28. The molecule has 0 heterocycles. The van der Waals surface area contributed by atoms with Gasteiger partial charge < -0.3 is 14.7 Å². The molecule has 0 aromatic carbocycles. The molecule has 2 atom stereocenters. The first-order valence-electron chi connectivity index (χ1n) is 3.20. The van der Waals surface area contributed by atoms with Crippen molar-refractivity contribution in [1.82, 2.24) is 0 Å². The van der Waals surface area contributed by atoms with Gasteiger partial charge in [-0.05, 0) is 6.42 Å². The largest absolute Gasteiger partial charge is 0.543 e. The fraction of sp³-hybridized carbons (Fsp3) is 0.714. The summed E-state index contributed by atoms with van der Waals surface area (Å²) in [4.78, 5) is 13.2. The van der Waals surface area contributed by atoms with E-state index in [9.17, 15) is 9.90 Å². The van der Waals surface area contributed by atoms with Crippen LogP contribution < -0.4 is 5.11 Å². The highest BCUT2D eigenvalue weighted by molar-refractivity contribution is 5.73. The lowest BCUT2D eigenvalue weighted by atomic mass is 10.0. The Morgan fingerprint density at radius 3 is 2.40 bits per heavy atom. The quantitative estimate of drug-likeness (QED) is 0.521. The van der Waals surface area contributed by atoms with E-state index in [1.165, 1.54) is 0 Å². The number of hydrogen-bond acceptors (Lipinski definition) is 2. The molecule has 10 heavy (non-hydrogen) atoms. The number of carbonyl (C=O) groups is 1. The third kappa shape index (κ3) is 2.06. The smallest absolute Gasteiger partial charge is 0.265 e. The molecular weight excluding hydrogens is 130 g/mol. The highest BCUT2D eigenvalue weighted by Gasteiger charge is 2.20. The van der Waals surface area contributed by atoms with Crippen LogP contribution >= 0.6 is 0 Å². The SMILES string of the molecule is [C-]#[N+]C(C(=O)[O-])C(C)CC. The summed E-state index contributed by atoms with van der Waals surface area (Å²) in [5.74, 6) is -1.37. The van der Waals surface area contributed by atoms with Crippen LogP contribution in [0.1, 0.15) is 20.3 Å². The van der Waals surface area contributed by atoms with E-state index < -0.39 is 12.0 Å². The van der Waals surface area contributed by atoms with Crippen LogP contribution in [0.3, 0.4) is 0 Å². The fourth-order valence-electron chi connectivity index (χ4n) is 0.636. The van der Waals surface area contributed by atoms with E-state index in [-0.39, 0.29) is 5.92 Å². The van der Waals surface area contributed by atoms with Gasteiger partial charge in [-0.25, -0.2) is 6.57 Å². The van der Waals surface area contributed by atoms with Crippen LogP contribution in [0, 0.1) is 12.5 Å². The number of aliphatic carboxylic acids is 1. The second-order valence-electron chi connectivity index (χ2n) is 2.28. The summed E-state index contributed by atoms with van der Waals surface area (Å²) in [5, 5.41) is 10.2. The van der Waals surface area contributed by atoms with Crippen LogP contribution in [0.5, 0.6) is 0 Å². The number of nitrogens with zero attached hydrogens (tertiary/aromatic N) is 1. The van der Waals surface area contributed by atoms with Gasteiger partial charge in [-0.3, -0.25) is 0 Å². The first-order chi connectivity index (χ1) is 4.63. The van der Waals surface area contributed by atoms with Crippen LogP contribution in [-0.4, -0.2) is 12.0 Å². The predicted molar refractivity (Wildman–Crippen MR) is 34.9 cm³/mol. The predicted octanol–water partition coefficient (Wildman–Crippen LogP) is 0.0703. The molecular formula is C7H10NO2-. The van der Waals surface area contributed by atoms with E-state index in [2.05, 4.69) is 4.85 Å². The molecule has 0 fully saturated rings. The zero-order chi connectivity index (χ0) is 8.15. The van der Waals surface area contributed by atoms with Crippen molar-refractivity contribution in [3.63, 3.8) is 0 Å². The Morgan fingerprint density at radius 1 is 1.80 bits per heavy atom. The van der Waals surface area contributed by atoms with E-state index in [1.807, 2.05) is 6.92 Å². The lowest BCUT2D eigenvalue weighted by Gasteiger charge is -2.11. The molecule has 0 amide bonds. The summed E-state index contributed by atoms with van der Waals surface area (Å²) in [6.45, 7) is 10.1. The van der Waals surface area contributed by atoms with Crippen LogP contribution in [-0.2, 0) is 4.79 Å². The van der Waals surface area contributed by atoms with Gasteiger partial charge in [0.25, 0.3) is 6.04 Å². The second kappa shape index (κ2) is 3.89. The minimum atomic E-state index is -1.26. The van der Waals surface area contributed by atoms with Gasteiger partial charge in [0.2, 0.25) is 0 Å². The van der Waals surface area contributed by atoms with Gasteiger partial charge >= 0.3 is 0 Å². The lowest BCUT2D eigenvalue weighted by Crippen LogP contribution is -2.37. The average molecular weight is 140 g/mol. The number of rotatable bonds is 3. The Labute approximate surface area is 60.5 Å². The standard InChI is InChI=1S/C7H11NO2/c1-4-5(2)6(8-3)7(9)10/h5-6H,4H2,1-2H3,(H,9,10)/p-1. The van der Waals surface area contributed by atoms with E-state index in [1.54, 1.807) is 6.92 Å². The van der Waals surface area contributed by atoms with E-state index in [4.69, 9.17) is 6.57 Å². The van der Waals surface area contributed by atoms with Gasteiger partial charge in [-0.15, -0.1) is 0 Å². The number of carbonyl (C=O) groups excluding carboxylic acids is 1. The van der Waals surface area contributed by atoms with Crippen molar-refractivity contribution in [2.24, 2.45) is 5.92 Å². The molecule has 3 nitrogen and oxygen atoms in total. The van der Waals surface area contributed by atoms with Crippen molar-refractivity contribution in [2.75, 3.05) is 0 Å². The summed E-state index contributed by atoms with van der Waals surface area (Å²) >= 11 is 0. The van der Waals surface area contributed by atoms with Gasteiger partial charge in [0.1, 0.15) is 5.97 Å². The van der Waals surface area contributed by atoms with Gasteiger partial charge in [-0.2, -0.15) is 0 Å². The van der Waals surface area contributed by atoms with Crippen molar-refractivity contribution in [1.29, 1.82) is 0 Å². The topological polar surface area (TPSA) is 44.5 Å². The Kier molecular flexibility index (Phi) is 3.48. The van der Waals surface area contributed by atoms with Gasteiger partial charge in [0, 0.05) is 5.92 Å². The molecule has 0 aliphatic carbocycles. The molecule has 0 radical (unpaired) electrons. The third-order valence-corrected chi connectivity index (χ3v) is 1.56. The highest BCUT2D eigenvalue weighted by Crippen LogP contribution is 2.09. The molecule has 0 spiro atoms. The number of carboxylic acids is 1. The summed E-state index contributed by atoms with van der Waals surface area (Å²) in [5.41, 5.74) is 0. The number of hydrogen-bond donors (Lipinski definition) is 0. The zero-order valence-corrected chi connectivity index (χ0v) is 6.13. The molecule has 0 aromatic rings. The average Bonchev–Trinajstić information content (AvgIpc) is 1.88. The maximum atomic E-state index is 10.2. The first-order valence-corrected chi connectivity index (χ1v) is 3.20. The van der Waals surface area contributed by atoms with E-state index in [0.717, 1.165) is 0 Å². The lowest BCUT2D eigenvalue weighted by molar-refractivity contribution is -0.307. The van der Waals surface area contributed by atoms with E-state index in [0.29, 0.717) is 6.42 Å². The molecule has 0 bridgehead atoms. The van der Waals surface area contributed by atoms with Crippen molar-refractivity contribution in [3.05, 3.63) is 11.4 Å². The van der Waals surface area contributed by atoms with Crippen molar-refractivity contribution in [3.8, 4) is 0 Å². The Hall–Kier alpha value is -1.04. The van der Waals surface area contributed by atoms with Gasteiger partial charge in [-0.1, -0.05) is 13.8 Å². The zero-order valence-electron chi connectivity index (χ0n) is 6.13. The summed E-state index contributed by atoms with van der Waals surface area (Å²) in [6, 6.07) is -0.968. The maximum Gasteiger partial charge on any atom is 0.265 e. The van der Waals surface area contributed by atoms with Crippen LogP contribution in [0.4, 0.5) is 0 Å². The normalized spacial score (nSPS) is 15.3. The molecule has 0 aliphatic rings. The molecule has 3 heteroatoms. The third-order valence-electron chi connectivity index (χ3n) is 1.56. The Bertz CT molecular complexity index is 159. The van der Waals surface area contributed by atoms with Crippen molar-refractivity contribution >= 4 is 5.97 Å². The minimum Gasteiger partial charge on any atom is -0.543 e. The first kappa shape index (κ1) is 8.96. The molecule has 0 saturated carbocycles. The summed E-state index contributed by atoms with van der Waals surface area (Å²) in [7, 11) is 0. The maximum absolute atomic E-state index is 10.2. The summed E-state index contributed by atoms with van der Waals surface area (Å²) < 4.78 is 0. The minimum absolute atomic E-state index is 0.109. The number of carboxylic acid groups (broad SMARTS) is 1. The monoisotopic (exact) mass is 140 g/mol. The van der Waals surface area contributed by atoms with Crippen LogP contribution in [0.25, 0.3) is 4.85 Å². The van der Waals surface area contributed by atoms with Gasteiger partial charge in [0.05, 0.1) is 0 Å². The van der Waals surface area contributed by atoms with Crippen LogP contribution in [0.2, 0.25) is 0 Å². The highest BCUT2D eigenvalue weighted by atomic mass is 16.4. The molecule has 0 aromatic heterocycles. The fourth-order valence-corrected chi connectivity index (χ4v) is 0.636. The Balaban J connectivity index is 4.10. The molecule has 0 saturated heterocycles. The molecule has 0 rings (SSSR count). The summed E-state index contributed by atoms with van der Waals surface area (Å²) in [6.07, 6.45) is 0.695. The van der Waals surface area contributed by atoms with Gasteiger partial charge in [0.15, 0.2) is 0 Å². The molecule has 0 aliphatic heterocycles. The molecule has 56 valence electrons. The van der Waals surface area contributed by atoms with Crippen LogP contribution in [0.15, 0.2) is 0 Å². The van der Waals surface area contributed by atoms with E-state index >= 15 is 0 Å². The van der Waals surface area contributed by atoms with Crippen molar-refractivity contribution < 1.29 is 9.90 Å². The molecule has 2 unspecified atom stereocenters. The Morgan fingerprint density at radius 2 is 2.30 bits per heavy atom. The van der Waals surface area contributed by atoms with Crippen molar-refractivity contribution in [2.45, 2.75) is 26.3 Å².